The second kappa shape index (κ2) is 3.83. The van der Waals surface area contributed by atoms with Crippen molar-refractivity contribution < 1.29 is 0 Å². The van der Waals surface area contributed by atoms with Gasteiger partial charge in [-0.15, -0.1) is 23.1 Å². The molecule has 0 fully saturated rings. The summed E-state index contributed by atoms with van der Waals surface area (Å²) in [6.45, 7) is 0. The largest absolute Gasteiger partial charge is 0.367 e. The molecule has 0 atom stereocenters. The summed E-state index contributed by atoms with van der Waals surface area (Å²) in [7, 11) is 0. The molecule has 0 aliphatic rings. The van der Waals surface area contributed by atoms with E-state index in [9.17, 15) is 0 Å². The molecule has 0 aromatic carbocycles. The molecule has 0 unspecified atom stereocenters. The number of thiophene rings is 1. The molecule has 1 N–H and O–H groups in total. The number of H-pyrrole nitrogens is 1. The van der Waals surface area contributed by atoms with Crippen LogP contribution >= 0.6 is 23.1 Å². The molecule has 2 aromatic rings. The van der Waals surface area contributed by atoms with Crippen molar-refractivity contribution in [1.29, 1.82) is 0 Å². The molecule has 2 aromatic heterocycles. The van der Waals surface area contributed by atoms with Crippen LogP contribution in [-0.2, 0) is 5.75 Å². The van der Waals surface area contributed by atoms with Crippen LogP contribution in [0.25, 0.3) is 0 Å². The molecular formula is C9H9NS2. The summed E-state index contributed by atoms with van der Waals surface area (Å²) in [5, 5.41) is 2.11. The molecule has 1 nitrogen and oxygen atoms in total. The van der Waals surface area contributed by atoms with E-state index < -0.39 is 0 Å². The van der Waals surface area contributed by atoms with Crippen molar-refractivity contribution in [2.45, 2.75) is 9.96 Å². The summed E-state index contributed by atoms with van der Waals surface area (Å²) < 4.78 is 1.39. The number of aromatic amines is 1. The Hall–Kier alpha value is -0.670. The lowest BCUT2D eigenvalue weighted by Crippen LogP contribution is -1.71. The van der Waals surface area contributed by atoms with Gasteiger partial charge < -0.3 is 4.98 Å². The van der Waals surface area contributed by atoms with Gasteiger partial charge in [0.2, 0.25) is 0 Å². The summed E-state index contributed by atoms with van der Waals surface area (Å²) >= 11 is 3.68. The average molecular weight is 195 g/mol. The Morgan fingerprint density at radius 1 is 1.42 bits per heavy atom. The number of aromatic nitrogens is 1. The van der Waals surface area contributed by atoms with Gasteiger partial charge in [-0.3, -0.25) is 0 Å². The Morgan fingerprint density at radius 3 is 3.08 bits per heavy atom. The van der Waals surface area contributed by atoms with E-state index in [4.69, 9.17) is 0 Å². The van der Waals surface area contributed by atoms with E-state index in [-0.39, 0.29) is 0 Å². The number of hydrogen-bond donors (Lipinski definition) is 1. The van der Waals surface area contributed by atoms with Crippen molar-refractivity contribution in [3.05, 3.63) is 41.5 Å². The highest BCUT2D eigenvalue weighted by atomic mass is 32.2. The van der Waals surface area contributed by atoms with Crippen molar-refractivity contribution in [2.24, 2.45) is 0 Å². The van der Waals surface area contributed by atoms with Crippen LogP contribution < -0.4 is 0 Å². The van der Waals surface area contributed by atoms with E-state index in [1.807, 2.05) is 24.2 Å². The minimum Gasteiger partial charge on any atom is -0.367 e. The normalized spacial score (nSPS) is 10.3. The standard InChI is InChI=1S/C9H9NS2/c1-2-9(11-5-1)12-7-8-3-4-10-6-8/h1-6,10H,7H2. The molecule has 12 heavy (non-hydrogen) atoms. The third-order valence-corrected chi connectivity index (χ3v) is 3.74. The molecule has 0 aliphatic carbocycles. The van der Waals surface area contributed by atoms with Gasteiger partial charge in [0, 0.05) is 18.1 Å². The second-order valence-corrected chi connectivity index (χ2v) is 4.66. The molecule has 0 saturated heterocycles. The van der Waals surface area contributed by atoms with E-state index >= 15 is 0 Å². The summed E-state index contributed by atoms with van der Waals surface area (Å²) in [5.74, 6) is 1.06. The van der Waals surface area contributed by atoms with Gasteiger partial charge in [0.1, 0.15) is 0 Å². The molecule has 0 spiro atoms. The lowest BCUT2D eigenvalue weighted by atomic mass is 10.4. The third-order valence-electron chi connectivity index (χ3n) is 1.54. The van der Waals surface area contributed by atoms with Gasteiger partial charge in [-0.2, -0.15) is 0 Å². The van der Waals surface area contributed by atoms with Crippen molar-refractivity contribution in [3.63, 3.8) is 0 Å². The van der Waals surface area contributed by atoms with E-state index in [1.165, 1.54) is 9.77 Å². The molecule has 0 aliphatic heterocycles. The number of hydrogen-bond acceptors (Lipinski definition) is 2. The first kappa shape index (κ1) is 7.95. The smallest absolute Gasteiger partial charge is 0.0601 e. The van der Waals surface area contributed by atoms with Crippen LogP contribution in [0.5, 0.6) is 0 Å². The quantitative estimate of drug-likeness (QED) is 0.742. The van der Waals surface area contributed by atoms with Gasteiger partial charge in [0.25, 0.3) is 0 Å². The molecule has 0 saturated carbocycles. The molecule has 0 amide bonds. The molecule has 0 bridgehead atoms. The zero-order chi connectivity index (χ0) is 8.23. The third kappa shape index (κ3) is 1.93. The fraction of sp³-hybridized carbons (Fsp3) is 0.111. The Balaban J connectivity index is 1.91. The summed E-state index contributed by atoms with van der Waals surface area (Å²) in [4.78, 5) is 3.05. The van der Waals surface area contributed by atoms with Gasteiger partial charge in [-0.05, 0) is 23.1 Å². The summed E-state index contributed by atoms with van der Waals surface area (Å²) in [5.41, 5.74) is 1.36. The monoisotopic (exact) mass is 195 g/mol. The maximum atomic E-state index is 3.05. The average Bonchev–Trinajstić information content (AvgIpc) is 2.74. The van der Waals surface area contributed by atoms with Gasteiger partial charge in [-0.1, -0.05) is 6.07 Å². The van der Waals surface area contributed by atoms with Crippen LogP contribution in [0.15, 0.2) is 40.2 Å². The topological polar surface area (TPSA) is 15.8 Å². The molecule has 2 rings (SSSR count). The minimum atomic E-state index is 1.06. The van der Waals surface area contributed by atoms with E-state index in [0.29, 0.717) is 0 Å². The first-order valence-electron chi connectivity index (χ1n) is 3.73. The molecule has 3 heteroatoms. The SMILES string of the molecule is c1csc(SCc2cc[nH]c2)c1. The highest BCUT2D eigenvalue weighted by Crippen LogP contribution is 2.26. The van der Waals surface area contributed by atoms with Gasteiger partial charge >= 0.3 is 0 Å². The fourth-order valence-electron chi connectivity index (χ4n) is 0.948. The predicted molar refractivity (Wildman–Crippen MR) is 54.7 cm³/mol. The van der Waals surface area contributed by atoms with Gasteiger partial charge in [0.05, 0.1) is 4.21 Å². The maximum Gasteiger partial charge on any atom is 0.0601 e. The minimum absolute atomic E-state index is 1.06. The van der Waals surface area contributed by atoms with E-state index in [1.54, 1.807) is 11.3 Å². The summed E-state index contributed by atoms with van der Waals surface area (Å²) in [6.07, 6.45) is 4.00. The fourth-order valence-corrected chi connectivity index (χ4v) is 2.68. The van der Waals surface area contributed by atoms with Crippen molar-refractivity contribution >= 4 is 23.1 Å². The zero-order valence-corrected chi connectivity index (χ0v) is 8.12. The number of nitrogens with one attached hydrogen (secondary N) is 1. The van der Waals surface area contributed by atoms with Crippen LogP contribution in [0.2, 0.25) is 0 Å². The highest BCUT2D eigenvalue weighted by molar-refractivity contribution is 8.00. The highest BCUT2D eigenvalue weighted by Gasteiger charge is 1.95. The molecular weight excluding hydrogens is 186 g/mol. The van der Waals surface area contributed by atoms with Crippen LogP contribution in [0.1, 0.15) is 5.56 Å². The van der Waals surface area contributed by atoms with Crippen molar-refractivity contribution in [2.75, 3.05) is 0 Å². The lowest BCUT2D eigenvalue weighted by molar-refractivity contribution is 1.37. The number of thioether (sulfide) groups is 1. The Bertz CT molecular complexity index is 276. The maximum absolute atomic E-state index is 3.05. The van der Waals surface area contributed by atoms with Crippen molar-refractivity contribution in [1.82, 2.24) is 4.98 Å². The number of rotatable bonds is 3. The molecule has 2 heterocycles. The van der Waals surface area contributed by atoms with Crippen molar-refractivity contribution in [3.8, 4) is 0 Å². The first-order valence-corrected chi connectivity index (χ1v) is 5.59. The van der Waals surface area contributed by atoms with Crippen LogP contribution in [0.3, 0.4) is 0 Å². The van der Waals surface area contributed by atoms with E-state index in [0.717, 1.165) is 5.75 Å². The van der Waals surface area contributed by atoms with Crippen LogP contribution in [0, 0.1) is 0 Å². The van der Waals surface area contributed by atoms with Crippen LogP contribution in [-0.4, -0.2) is 4.98 Å². The zero-order valence-electron chi connectivity index (χ0n) is 6.49. The Kier molecular flexibility index (Phi) is 2.54. The van der Waals surface area contributed by atoms with E-state index in [2.05, 4.69) is 28.6 Å². The second-order valence-electron chi connectivity index (χ2n) is 2.44. The Morgan fingerprint density at radius 2 is 2.42 bits per heavy atom. The van der Waals surface area contributed by atoms with Crippen LogP contribution in [0.4, 0.5) is 0 Å². The molecule has 0 radical (unpaired) electrons. The van der Waals surface area contributed by atoms with Gasteiger partial charge in [-0.25, -0.2) is 0 Å². The Labute approximate surface area is 79.8 Å². The predicted octanol–water partition coefficient (Wildman–Crippen LogP) is 3.37. The van der Waals surface area contributed by atoms with Gasteiger partial charge in [0.15, 0.2) is 0 Å². The lowest BCUT2D eigenvalue weighted by Gasteiger charge is -1.93. The first-order chi connectivity index (χ1) is 5.95. The summed E-state index contributed by atoms with van der Waals surface area (Å²) in [6, 6.07) is 6.35. The molecule has 62 valence electrons.